The summed E-state index contributed by atoms with van der Waals surface area (Å²) in [6.07, 6.45) is 0.395. The summed E-state index contributed by atoms with van der Waals surface area (Å²) in [6, 6.07) is 5.43. The molecular formula is C13H17NO3. The van der Waals surface area contributed by atoms with Gasteiger partial charge in [0.25, 0.3) is 0 Å². The zero-order valence-electron chi connectivity index (χ0n) is 10.4. The highest BCUT2D eigenvalue weighted by Crippen LogP contribution is 2.21. The third-order valence-electron chi connectivity index (χ3n) is 2.51. The van der Waals surface area contributed by atoms with Crippen LogP contribution in [0.15, 0.2) is 18.2 Å². The van der Waals surface area contributed by atoms with Gasteiger partial charge in [-0.05, 0) is 19.1 Å². The van der Waals surface area contributed by atoms with Gasteiger partial charge in [0, 0.05) is 19.9 Å². The fraction of sp³-hybridized carbons (Fsp3) is 0.385. The van der Waals surface area contributed by atoms with Gasteiger partial charge in [-0.2, -0.15) is 0 Å². The van der Waals surface area contributed by atoms with Gasteiger partial charge in [-0.1, -0.05) is 11.6 Å². The summed E-state index contributed by atoms with van der Waals surface area (Å²) in [4.78, 5) is 23.0. The van der Waals surface area contributed by atoms with Crippen LogP contribution in [0.4, 0.5) is 0 Å². The van der Waals surface area contributed by atoms with Gasteiger partial charge in [-0.3, -0.25) is 9.59 Å². The molecule has 0 saturated carbocycles. The molecule has 0 aliphatic heterocycles. The first kappa shape index (κ1) is 13.2. The van der Waals surface area contributed by atoms with E-state index < -0.39 is 0 Å². The van der Waals surface area contributed by atoms with Gasteiger partial charge in [0.2, 0.25) is 5.91 Å². The Bertz CT molecular complexity index is 427. The highest BCUT2D eigenvalue weighted by molar-refractivity contribution is 6.00. The fourth-order valence-electron chi connectivity index (χ4n) is 1.53. The highest BCUT2D eigenvalue weighted by Gasteiger charge is 2.13. The number of rotatable bonds is 5. The van der Waals surface area contributed by atoms with E-state index in [-0.39, 0.29) is 24.5 Å². The smallest absolute Gasteiger partial charge is 0.220 e. The third-order valence-corrected chi connectivity index (χ3v) is 2.51. The molecule has 0 radical (unpaired) electrons. The van der Waals surface area contributed by atoms with Crippen LogP contribution in [0.25, 0.3) is 0 Å². The first-order valence-electron chi connectivity index (χ1n) is 5.47. The number of benzene rings is 1. The molecule has 0 bridgehead atoms. The number of amides is 1. The van der Waals surface area contributed by atoms with Gasteiger partial charge in [-0.25, -0.2) is 0 Å². The van der Waals surface area contributed by atoms with E-state index in [2.05, 4.69) is 5.32 Å². The van der Waals surface area contributed by atoms with Crippen molar-refractivity contribution in [3.05, 3.63) is 29.3 Å². The van der Waals surface area contributed by atoms with Crippen molar-refractivity contribution < 1.29 is 14.3 Å². The molecule has 0 spiro atoms. The Balaban J connectivity index is 2.80. The monoisotopic (exact) mass is 235 g/mol. The lowest BCUT2D eigenvalue weighted by Crippen LogP contribution is -2.18. The van der Waals surface area contributed by atoms with Gasteiger partial charge < -0.3 is 10.1 Å². The van der Waals surface area contributed by atoms with Crippen molar-refractivity contribution in [2.24, 2.45) is 0 Å². The summed E-state index contributed by atoms with van der Waals surface area (Å²) < 4.78 is 5.13. The number of nitrogens with one attached hydrogen (secondary N) is 1. The Hall–Kier alpha value is -1.84. The first-order chi connectivity index (χ1) is 8.08. The lowest BCUT2D eigenvalue weighted by atomic mass is 10.0. The molecule has 0 fully saturated rings. The minimum Gasteiger partial charge on any atom is -0.496 e. The molecule has 0 aliphatic rings. The van der Waals surface area contributed by atoms with Crippen molar-refractivity contribution in [2.45, 2.75) is 19.8 Å². The van der Waals surface area contributed by atoms with E-state index in [1.165, 1.54) is 7.11 Å². The number of ether oxygens (including phenoxy) is 1. The van der Waals surface area contributed by atoms with Crippen LogP contribution in [0.2, 0.25) is 0 Å². The van der Waals surface area contributed by atoms with Gasteiger partial charge in [0.05, 0.1) is 12.7 Å². The average Bonchev–Trinajstić information content (AvgIpc) is 2.35. The van der Waals surface area contributed by atoms with Gasteiger partial charge in [-0.15, -0.1) is 0 Å². The maximum atomic E-state index is 11.9. The number of hydrogen-bond donors (Lipinski definition) is 1. The van der Waals surface area contributed by atoms with Crippen LogP contribution in [0.3, 0.4) is 0 Å². The zero-order chi connectivity index (χ0) is 12.8. The summed E-state index contributed by atoms with van der Waals surface area (Å²) in [5, 5.41) is 2.49. The van der Waals surface area contributed by atoms with E-state index in [9.17, 15) is 9.59 Å². The van der Waals surface area contributed by atoms with Crippen molar-refractivity contribution in [3.8, 4) is 5.75 Å². The van der Waals surface area contributed by atoms with E-state index in [1.54, 1.807) is 19.2 Å². The van der Waals surface area contributed by atoms with Crippen LogP contribution < -0.4 is 10.1 Å². The Labute approximate surface area is 101 Å². The Morgan fingerprint density at radius 3 is 2.59 bits per heavy atom. The minimum absolute atomic E-state index is 0.0749. The second-order valence-electron chi connectivity index (χ2n) is 3.80. The number of aryl methyl sites for hydroxylation is 1. The molecule has 4 heteroatoms. The molecule has 1 aromatic rings. The second kappa shape index (κ2) is 6.03. The van der Waals surface area contributed by atoms with Crippen molar-refractivity contribution >= 4 is 11.7 Å². The Kier molecular flexibility index (Phi) is 4.69. The Morgan fingerprint density at radius 2 is 2.00 bits per heavy atom. The molecule has 1 amide bonds. The molecule has 4 nitrogen and oxygen atoms in total. The third kappa shape index (κ3) is 3.59. The zero-order valence-corrected chi connectivity index (χ0v) is 10.4. The highest BCUT2D eigenvalue weighted by atomic mass is 16.5. The number of Topliss-reactive ketones (excluding diaryl/α,β-unsaturated/α-hetero) is 1. The molecule has 92 valence electrons. The van der Waals surface area contributed by atoms with Crippen molar-refractivity contribution in [2.75, 3.05) is 14.2 Å². The molecule has 0 heterocycles. The standard InChI is InChI=1S/C13H17NO3/c1-9-4-6-12(17-3)10(8-9)11(15)5-7-13(16)14-2/h4,6,8H,5,7H2,1-3H3,(H,14,16). The normalized spacial score (nSPS) is 9.82. The molecule has 0 saturated heterocycles. The van der Waals surface area contributed by atoms with E-state index >= 15 is 0 Å². The molecule has 1 rings (SSSR count). The van der Waals surface area contributed by atoms with E-state index in [0.29, 0.717) is 11.3 Å². The molecule has 17 heavy (non-hydrogen) atoms. The SMILES string of the molecule is CNC(=O)CCC(=O)c1cc(C)ccc1OC. The molecular weight excluding hydrogens is 218 g/mol. The lowest BCUT2D eigenvalue weighted by molar-refractivity contribution is -0.120. The van der Waals surface area contributed by atoms with Crippen molar-refractivity contribution in [1.29, 1.82) is 0 Å². The van der Waals surface area contributed by atoms with Gasteiger partial charge in [0.15, 0.2) is 5.78 Å². The molecule has 0 aliphatic carbocycles. The number of carbonyl (C=O) groups is 2. The van der Waals surface area contributed by atoms with Crippen LogP contribution in [0.1, 0.15) is 28.8 Å². The lowest BCUT2D eigenvalue weighted by Gasteiger charge is -2.08. The number of hydrogen-bond acceptors (Lipinski definition) is 3. The maximum absolute atomic E-state index is 11.9. The van der Waals surface area contributed by atoms with Gasteiger partial charge >= 0.3 is 0 Å². The van der Waals surface area contributed by atoms with Gasteiger partial charge in [0.1, 0.15) is 5.75 Å². The molecule has 1 aromatic carbocycles. The number of methoxy groups -OCH3 is 1. The average molecular weight is 235 g/mol. The summed E-state index contributed by atoms with van der Waals surface area (Å²) in [7, 11) is 3.08. The van der Waals surface area contributed by atoms with Crippen LogP contribution in [-0.4, -0.2) is 25.8 Å². The Morgan fingerprint density at radius 1 is 1.29 bits per heavy atom. The molecule has 0 atom stereocenters. The molecule has 1 N–H and O–H groups in total. The topological polar surface area (TPSA) is 55.4 Å². The summed E-state index contributed by atoms with van der Waals surface area (Å²) >= 11 is 0. The largest absolute Gasteiger partial charge is 0.496 e. The van der Waals surface area contributed by atoms with E-state index in [1.807, 2.05) is 13.0 Å². The maximum Gasteiger partial charge on any atom is 0.220 e. The molecule has 0 aromatic heterocycles. The van der Waals surface area contributed by atoms with Crippen molar-refractivity contribution in [1.82, 2.24) is 5.32 Å². The summed E-state index contributed by atoms with van der Waals surface area (Å²) in [5.74, 6) is 0.344. The summed E-state index contributed by atoms with van der Waals surface area (Å²) in [6.45, 7) is 1.91. The number of ketones is 1. The predicted molar refractivity (Wildman–Crippen MR) is 65.4 cm³/mol. The number of carbonyl (C=O) groups excluding carboxylic acids is 2. The summed E-state index contributed by atoms with van der Waals surface area (Å²) in [5.41, 5.74) is 1.53. The van der Waals surface area contributed by atoms with Crippen LogP contribution in [-0.2, 0) is 4.79 Å². The fourth-order valence-corrected chi connectivity index (χ4v) is 1.53. The first-order valence-corrected chi connectivity index (χ1v) is 5.47. The molecule has 0 unspecified atom stereocenters. The van der Waals surface area contributed by atoms with E-state index in [0.717, 1.165) is 5.56 Å². The quantitative estimate of drug-likeness (QED) is 0.790. The second-order valence-corrected chi connectivity index (χ2v) is 3.80. The van der Waals surface area contributed by atoms with Crippen LogP contribution >= 0.6 is 0 Å². The van der Waals surface area contributed by atoms with Crippen LogP contribution in [0.5, 0.6) is 5.75 Å². The van der Waals surface area contributed by atoms with Crippen LogP contribution in [0, 0.1) is 6.92 Å². The van der Waals surface area contributed by atoms with E-state index in [4.69, 9.17) is 4.74 Å². The predicted octanol–water partition coefficient (Wildman–Crippen LogP) is 1.71. The minimum atomic E-state index is -0.134. The van der Waals surface area contributed by atoms with Crippen molar-refractivity contribution in [3.63, 3.8) is 0 Å².